The minimum atomic E-state index is -3.03. The van der Waals surface area contributed by atoms with Crippen LogP contribution in [0.25, 0.3) is 0 Å². The van der Waals surface area contributed by atoms with Crippen LogP contribution in [-0.4, -0.2) is 134 Å². The third-order valence-corrected chi connectivity index (χ3v) is 41.4. The number of ether oxygens (including phenoxy) is 10. The van der Waals surface area contributed by atoms with Gasteiger partial charge in [-0.25, -0.2) is 0 Å². The van der Waals surface area contributed by atoms with Gasteiger partial charge in [-0.3, -0.25) is 0 Å². The molecule has 0 saturated carbocycles. The fraction of sp³-hybridized carbons (Fsp3) is 0.747. The molecule has 6 saturated heterocycles. The third kappa shape index (κ3) is 14.7. The van der Waals surface area contributed by atoms with Crippen LogP contribution in [0.1, 0.15) is 222 Å². The first-order valence-electron chi connectivity index (χ1n) is 37.0. The summed E-state index contributed by atoms with van der Waals surface area (Å²) in [5, 5.41) is 2.25. The molecule has 13 nitrogen and oxygen atoms in total. The molecule has 0 unspecified atom stereocenters. The summed E-state index contributed by atoms with van der Waals surface area (Å²) in [5.41, 5.74) is 0.152. The normalized spacial score (nSPS) is 34.9. The van der Waals surface area contributed by atoms with Crippen molar-refractivity contribution in [2.45, 2.75) is 350 Å². The molecule has 0 aromatic heterocycles. The van der Waals surface area contributed by atoms with Gasteiger partial charge in [0.15, 0.2) is 11.6 Å². The molecular weight excluding hydrogens is 1240 g/mol. The Morgan fingerprint density at radius 2 is 1.16 bits per heavy atom. The van der Waals surface area contributed by atoms with Crippen LogP contribution in [0.3, 0.4) is 0 Å². The topological polar surface area (TPSA) is 120 Å². The summed E-state index contributed by atoms with van der Waals surface area (Å²) in [7, 11) is -6.40. The van der Waals surface area contributed by atoms with E-state index in [-0.39, 0.29) is 53.7 Å². The van der Waals surface area contributed by atoms with E-state index in [0.717, 1.165) is 49.2 Å². The molecule has 3 aromatic rings. The standard InChI is InChI=1S/C79H126O13Si3/c1-52(2)93(53(3)4,54(5)6)89-70-39-38-61(84-72-48-76(20)69(87-78(70,72)22)41-40-68-75(19,92-76)42-43-79(88-68)51-82-74(17,18)91-79)46-65-64(81-49-59-34-36-60(80-23)37-35-59)44-58(13)45-67-66(85-65)47-71(90-94(55(7)8,56(9)10)57(11)12)77(21,86-67)50-83-95(73(14,15)16,62-30-26-24-27-31-62)63-32-28-25-29-33-63/h24-38,52-58,64-72H,39-51H2,1-23H3/t58-,64+,65-,66+,67-,68+,69-,70+,71-,72-,75-,76+,77+,78+,79-/m1/s1. The Balaban J connectivity index is 1.04. The largest absolute Gasteiger partial charge is 0.497 e. The van der Waals surface area contributed by atoms with Gasteiger partial charge in [-0.15, -0.1) is 0 Å². The van der Waals surface area contributed by atoms with Gasteiger partial charge in [-0.05, 0) is 158 Å². The summed E-state index contributed by atoms with van der Waals surface area (Å²) in [5.74, 6) is 0.362. The van der Waals surface area contributed by atoms with Crippen molar-refractivity contribution in [2.75, 3.05) is 20.3 Å². The van der Waals surface area contributed by atoms with Crippen molar-refractivity contribution in [3.05, 3.63) is 102 Å². The zero-order valence-electron chi connectivity index (χ0n) is 62.9. The first kappa shape index (κ1) is 74.9. The average Bonchev–Trinajstić information content (AvgIpc) is 1.70. The van der Waals surface area contributed by atoms with E-state index >= 15 is 0 Å². The first-order valence-corrected chi connectivity index (χ1v) is 43.1. The lowest BCUT2D eigenvalue weighted by Crippen LogP contribution is -2.70. The number of benzene rings is 3. The molecule has 95 heavy (non-hydrogen) atoms. The summed E-state index contributed by atoms with van der Waals surface area (Å²) < 4.78 is 96.3. The summed E-state index contributed by atoms with van der Waals surface area (Å²) in [6, 6.07) is 30.3. The lowest BCUT2D eigenvalue weighted by atomic mass is 9.77. The van der Waals surface area contributed by atoms with Crippen LogP contribution < -0.4 is 15.1 Å². The zero-order chi connectivity index (χ0) is 69.1. The Morgan fingerprint density at radius 1 is 0.600 bits per heavy atom. The molecule has 6 fully saturated rings. The minimum Gasteiger partial charge on any atom is -0.497 e. The third-order valence-electron chi connectivity index (χ3n) is 24.2. The van der Waals surface area contributed by atoms with E-state index < -0.39 is 71.1 Å². The molecular formula is C79H126O13Si3. The maximum Gasteiger partial charge on any atom is 0.261 e. The van der Waals surface area contributed by atoms with Crippen molar-refractivity contribution in [3.8, 4) is 5.75 Å². The molecule has 1 spiro atoms. The van der Waals surface area contributed by atoms with Gasteiger partial charge in [-0.2, -0.15) is 0 Å². The van der Waals surface area contributed by atoms with Gasteiger partial charge >= 0.3 is 0 Å². The van der Waals surface area contributed by atoms with Crippen LogP contribution >= 0.6 is 0 Å². The van der Waals surface area contributed by atoms with Gasteiger partial charge in [0.1, 0.15) is 29.7 Å². The molecule has 0 N–H and O–H groups in total. The molecule has 0 radical (unpaired) electrons. The van der Waals surface area contributed by atoms with Crippen molar-refractivity contribution in [1.82, 2.24) is 0 Å². The molecule has 0 amide bonds. The number of methoxy groups -OCH3 is 1. The molecule has 3 aromatic carbocycles. The van der Waals surface area contributed by atoms with Gasteiger partial charge < -0.3 is 60.6 Å². The molecule has 7 aliphatic heterocycles. The summed E-state index contributed by atoms with van der Waals surface area (Å²) in [6.45, 7) is 52.3. The van der Waals surface area contributed by atoms with Crippen LogP contribution in [-0.2, 0) is 62.5 Å². The lowest BCUT2D eigenvalue weighted by Gasteiger charge is -2.57. The maximum atomic E-state index is 8.18. The molecule has 15 atom stereocenters. The second-order valence-corrected chi connectivity index (χ2v) is 49.4. The van der Waals surface area contributed by atoms with Crippen LogP contribution in [0.15, 0.2) is 96.8 Å². The quantitative estimate of drug-likeness (QED) is 0.0942. The average molecular weight is 1370 g/mol. The Bertz CT molecular complexity index is 2940. The number of rotatable bonds is 21. The zero-order valence-corrected chi connectivity index (χ0v) is 65.9. The van der Waals surface area contributed by atoms with Crippen LogP contribution in [0.2, 0.25) is 38.3 Å². The number of hydrogen-bond acceptors (Lipinski definition) is 13. The predicted octanol–water partition coefficient (Wildman–Crippen LogP) is 17.6. The maximum absolute atomic E-state index is 8.18. The second kappa shape index (κ2) is 28.6. The van der Waals surface area contributed by atoms with Crippen LogP contribution in [0.4, 0.5) is 0 Å². The van der Waals surface area contributed by atoms with E-state index in [1.54, 1.807) is 7.11 Å². The van der Waals surface area contributed by atoms with Gasteiger partial charge in [0, 0.05) is 25.7 Å². The Labute approximate surface area is 577 Å². The lowest BCUT2D eigenvalue weighted by molar-refractivity contribution is -0.346. The highest BCUT2D eigenvalue weighted by molar-refractivity contribution is 6.99. The van der Waals surface area contributed by atoms with Crippen molar-refractivity contribution in [1.29, 1.82) is 0 Å². The monoisotopic (exact) mass is 1370 g/mol. The van der Waals surface area contributed by atoms with Gasteiger partial charge in [0.25, 0.3) is 8.32 Å². The van der Waals surface area contributed by atoms with Gasteiger partial charge in [0.05, 0.1) is 86.1 Å². The summed E-state index contributed by atoms with van der Waals surface area (Å²) in [6.07, 6.45) is 6.28. The van der Waals surface area contributed by atoms with E-state index in [4.69, 9.17) is 60.6 Å². The van der Waals surface area contributed by atoms with Gasteiger partial charge in [-0.1, -0.05) is 184 Å². The van der Waals surface area contributed by atoms with E-state index in [2.05, 4.69) is 217 Å². The van der Waals surface area contributed by atoms with Crippen LogP contribution in [0, 0.1) is 5.92 Å². The minimum absolute atomic E-state index is 0.204. The SMILES string of the molecule is COc1ccc(CO[C@H]2C[C@@H](C)C[C@H]3O[C@@](C)(CO[Si](c4ccccc4)(c4ccccc4)C(C)(C)C)[C@H](O[Si](C(C)C)(C(C)C)C(C)C)C[C@@H]3O[C@@H]2CC2=CC[C@H](O[Si](C(C)C)(C(C)C)C(C)C)[C@]3(C)O[C@@H]4CC[C@@H]5O[C@@]6(CC[C@@]5(C)O[C@@]4(C)C[C@H]3O2)COC(C)(C)O6)cc1. The van der Waals surface area contributed by atoms with Crippen molar-refractivity contribution >= 4 is 35.3 Å². The number of fused-ring (bicyclic) bond motifs is 4. The fourth-order valence-corrected chi connectivity index (χ4v) is 35.3. The van der Waals surface area contributed by atoms with E-state index in [1.165, 1.54) is 10.4 Å². The van der Waals surface area contributed by atoms with Gasteiger partial charge in [0.2, 0.25) is 16.6 Å². The molecule has 7 aliphatic rings. The molecule has 10 rings (SSSR count). The van der Waals surface area contributed by atoms with E-state index in [0.29, 0.717) is 85.2 Å². The fourth-order valence-electron chi connectivity index (χ4n) is 19.4. The molecule has 0 bridgehead atoms. The van der Waals surface area contributed by atoms with Crippen LogP contribution in [0.5, 0.6) is 5.75 Å². The molecule has 16 heteroatoms. The van der Waals surface area contributed by atoms with E-state index in [9.17, 15) is 0 Å². The Kier molecular flexibility index (Phi) is 22.5. The Hall–Kier alpha value is -2.79. The number of hydrogen-bond donors (Lipinski definition) is 0. The van der Waals surface area contributed by atoms with Crippen molar-refractivity contribution < 1.29 is 60.6 Å². The first-order chi connectivity index (χ1) is 44.5. The van der Waals surface area contributed by atoms with Crippen molar-refractivity contribution in [3.63, 3.8) is 0 Å². The smallest absolute Gasteiger partial charge is 0.261 e. The van der Waals surface area contributed by atoms with Crippen molar-refractivity contribution in [2.24, 2.45) is 5.92 Å². The second-order valence-electron chi connectivity index (χ2n) is 34.3. The molecule has 532 valence electrons. The van der Waals surface area contributed by atoms with E-state index in [1.807, 2.05) is 26.0 Å². The highest BCUT2D eigenvalue weighted by Crippen LogP contribution is 2.57. The highest BCUT2D eigenvalue weighted by atomic mass is 28.4. The summed E-state index contributed by atoms with van der Waals surface area (Å²) in [4.78, 5) is 0. The molecule has 7 heterocycles. The highest BCUT2D eigenvalue weighted by Gasteiger charge is 2.66. The Morgan fingerprint density at radius 3 is 1.68 bits per heavy atom. The molecule has 0 aliphatic carbocycles. The predicted molar refractivity (Wildman–Crippen MR) is 387 cm³/mol. The summed E-state index contributed by atoms with van der Waals surface area (Å²) >= 11 is 0.